The van der Waals surface area contributed by atoms with E-state index in [0.29, 0.717) is 0 Å². The highest BCUT2D eigenvalue weighted by molar-refractivity contribution is 7.99. The molecule has 0 amide bonds. The Morgan fingerprint density at radius 2 is 2.22 bits per heavy atom. The molecule has 1 aromatic heterocycles. The zero-order chi connectivity index (χ0) is 12.8. The van der Waals surface area contributed by atoms with Crippen molar-refractivity contribution in [3.05, 3.63) is 43.2 Å². The molecule has 0 radical (unpaired) electrons. The van der Waals surface area contributed by atoms with Crippen molar-refractivity contribution in [1.29, 1.82) is 0 Å². The van der Waals surface area contributed by atoms with Crippen LogP contribution < -0.4 is 11.1 Å². The van der Waals surface area contributed by atoms with Gasteiger partial charge in [0.2, 0.25) is 0 Å². The highest BCUT2D eigenvalue weighted by Gasteiger charge is 2.03. The first-order chi connectivity index (χ1) is 8.83. The highest BCUT2D eigenvalue weighted by atomic mass is 32.2. The van der Waals surface area contributed by atoms with Crippen LogP contribution in [0.2, 0.25) is 0 Å². The van der Waals surface area contributed by atoms with Gasteiger partial charge in [-0.2, -0.15) is 11.8 Å². The van der Waals surface area contributed by atoms with Gasteiger partial charge in [0.05, 0.1) is 0 Å². The predicted octanol–water partition coefficient (Wildman–Crippen LogP) is 3.15. The van der Waals surface area contributed by atoms with Gasteiger partial charge in [-0.25, -0.2) is 0 Å². The largest absolute Gasteiger partial charge is 0.398 e. The number of aromatic nitrogens is 1. The van der Waals surface area contributed by atoms with E-state index in [4.69, 9.17) is 5.73 Å². The number of nitrogens with one attached hydrogen (secondary N) is 1. The summed E-state index contributed by atoms with van der Waals surface area (Å²) in [5, 5.41) is 5.55. The van der Waals surface area contributed by atoms with Crippen LogP contribution in [0.4, 0.5) is 11.4 Å². The zero-order valence-corrected chi connectivity index (χ0v) is 11.0. The maximum Gasteiger partial charge on any atom is 0.0437 e. The number of fused-ring (bicyclic) bond motifs is 1. The van der Waals surface area contributed by atoms with Crippen LogP contribution in [0.25, 0.3) is 10.8 Å². The summed E-state index contributed by atoms with van der Waals surface area (Å²) in [6, 6.07) is 5.89. The molecule has 1 heterocycles. The van der Waals surface area contributed by atoms with Crippen molar-refractivity contribution in [2.24, 2.45) is 0 Å². The van der Waals surface area contributed by atoms with E-state index < -0.39 is 0 Å². The van der Waals surface area contributed by atoms with E-state index in [1.807, 2.05) is 42.2 Å². The van der Waals surface area contributed by atoms with Crippen molar-refractivity contribution in [2.75, 3.05) is 29.1 Å². The molecule has 3 N–H and O–H groups in total. The molecule has 2 rings (SSSR count). The quantitative estimate of drug-likeness (QED) is 0.475. The molecular formula is C14H17N3S. The van der Waals surface area contributed by atoms with Crippen LogP contribution in [-0.4, -0.2) is 23.0 Å². The third kappa shape index (κ3) is 2.96. The molecule has 0 saturated heterocycles. The van der Waals surface area contributed by atoms with Gasteiger partial charge in [0.15, 0.2) is 0 Å². The summed E-state index contributed by atoms with van der Waals surface area (Å²) in [6.45, 7) is 4.63. The number of thioether (sulfide) groups is 1. The Morgan fingerprint density at radius 3 is 3.06 bits per heavy atom. The Balaban J connectivity index is 2.09. The minimum atomic E-state index is 0.791. The van der Waals surface area contributed by atoms with Crippen LogP contribution in [0.5, 0.6) is 0 Å². The van der Waals surface area contributed by atoms with Crippen molar-refractivity contribution < 1.29 is 0 Å². The fourth-order valence-corrected chi connectivity index (χ4v) is 2.37. The first kappa shape index (κ1) is 12.8. The van der Waals surface area contributed by atoms with Crippen molar-refractivity contribution in [3.63, 3.8) is 0 Å². The zero-order valence-electron chi connectivity index (χ0n) is 10.2. The fraction of sp³-hybridized carbons (Fsp3) is 0.214. The van der Waals surface area contributed by atoms with Gasteiger partial charge in [0.1, 0.15) is 0 Å². The Morgan fingerprint density at radius 1 is 1.33 bits per heavy atom. The Labute approximate surface area is 111 Å². The molecule has 0 bridgehead atoms. The van der Waals surface area contributed by atoms with E-state index >= 15 is 0 Å². The monoisotopic (exact) mass is 259 g/mol. The number of hydrogen-bond acceptors (Lipinski definition) is 4. The molecule has 0 atom stereocenters. The van der Waals surface area contributed by atoms with Gasteiger partial charge in [-0.05, 0) is 18.2 Å². The minimum absolute atomic E-state index is 0.791. The van der Waals surface area contributed by atoms with E-state index in [1.54, 1.807) is 6.20 Å². The summed E-state index contributed by atoms with van der Waals surface area (Å²) in [7, 11) is 0. The number of nitrogens with two attached hydrogens (primary N) is 1. The molecule has 0 aliphatic heterocycles. The molecule has 1 aromatic carbocycles. The predicted molar refractivity (Wildman–Crippen MR) is 82.2 cm³/mol. The van der Waals surface area contributed by atoms with Crippen LogP contribution in [-0.2, 0) is 0 Å². The van der Waals surface area contributed by atoms with Gasteiger partial charge < -0.3 is 11.1 Å². The van der Waals surface area contributed by atoms with Gasteiger partial charge in [-0.15, -0.1) is 6.58 Å². The molecule has 0 spiro atoms. The van der Waals surface area contributed by atoms with E-state index in [-0.39, 0.29) is 0 Å². The van der Waals surface area contributed by atoms with Gasteiger partial charge in [-0.1, -0.05) is 6.08 Å². The molecule has 18 heavy (non-hydrogen) atoms. The fourth-order valence-electron chi connectivity index (χ4n) is 1.79. The summed E-state index contributed by atoms with van der Waals surface area (Å²) in [4.78, 5) is 4.16. The number of nitrogens with zero attached hydrogens (tertiary/aromatic N) is 1. The Bertz CT molecular complexity index is 540. The normalized spacial score (nSPS) is 10.4. The summed E-state index contributed by atoms with van der Waals surface area (Å²) in [5.41, 5.74) is 7.83. The van der Waals surface area contributed by atoms with Crippen molar-refractivity contribution in [3.8, 4) is 0 Å². The molecular weight excluding hydrogens is 242 g/mol. The number of benzene rings is 1. The summed E-state index contributed by atoms with van der Waals surface area (Å²) in [6.07, 6.45) is 5.54. The highest BCUT2D eigenvalue weighted by Crippen LogP contribution is 2.27. The number of pyridine rings is 1. The van der Waals surface area contributed by atoms with Crippen molar-refractivity contribution in [2.45, 2.75) is 0 Å². The molecule has 94 valence electrons. The summed E-state index contributed by atoms with van der Waals surface area (Å²) in [5.74, 6) is 2.05. The van der Waals surface area contributed by atoms with Gasteiger partial charge in [0, 0.05) is 52.6 Å². The lowest BCUT2D eigenvalue weighted by Gasteiger charge is -2.10. The smallest absolute Gasteiger partial charge is 0.0437 e. The average molecular weight is 259 g/mol. The number of rotatable bonds is 6. The molecule has 3 nitrogen and oxygen atoms in total. The average Bonchev–Trinajstić information content (AvgIpc) is 2.41. The Kier molecular flexibility index (Phi) is 4.47. The second-order valence-electron chi connectivity index (χ2n) is 3.91. The lowest BCUT2D eigenvalue weighted by molar-refractivity contribution is 1.23. The topological polar surface area (TPSA) is 50.9 Å². The van der Waals surface area contributed by atoms with E-state index in [0.717, 1.165) is 40.2 Å². The van der Waals surface area contributed by atoms with Crippen molar-refractivity contribution in [1.82, 2.24) is 4.98 Å². The van der Waals surface area contributed by atoms with Gasteiger partial charge in [0.25, 0.3) is 0 Å². The van der Waals surface area contributed by atoms with Gasteiger partial charge >= 0.3 is 0 Å². The number of anilines is 2. The summed E-state index contributed by atoms with van der Waals surface area (Å²) < 4.78 is 0. The summed E-state index contributed by atoms with van der Waals surface area (Å²) >= 11 is 1.86. The van der Waals surface area contributed by atoms with Crippen LogP contribution >= 0.6 is 11.8 Å². The second kappa shape index (κ2) is 6.31. The molecule has 0 saturated carbocycles. The van der Waals surface area contributed by atoms with Crippen LogP contribution in [0.1, 0.15) is 0 Å². The number of hydrogen-bond donors (Lipinski definition) is 2. The van der Waals surface area contributed by atoms with E-state index in [9.17, 15) is 0 Å². The molecule has 0 aliphatic rings. The maximum absolute atomic E-state index is 5.95. The van der Waals surface area contributed by atoms with Crippen LogP contribution in [0, 0.1) is 0 Å². The third-order valence-electron chi connectivity index (χ3n) is 2.65. The minimum Gasteiger partial charge on any atom is -0.398 e. The van der Waals surface area contributed by atoms with E-state index in [2.05, 4.69) is 16.9 Å². The lowest BCUT2D eigenvalue weighted by atomic mass is 10.1. The Hall–Kier alpha value is -1.68. The van der Waals surface area contributed by atoms with Crippen LogP contribution in [0.15, 0.2) is 43.2 Å². The maximum atomic E-state index is 5.95. The molecule has 0 aliphatic carbocycles. The lowest BCUT2D eigenvalue weighted by Crippen LogP contribution is -2.05. The first-order valence-corrected chi connectivity index (χ1v) is 7.03. The molecule has 0 unspecified atom stereocenters. The first-order valence-electron chi connectivity index (χ1n) is 5.87. The number of nitrogen functional groups attached to an aromatic ring is 1. The third-order valence-corrected chi connectivity index (χ3v) is 3.61. The molecule has 4 heteroatoms. The second-order valence-corrected chi connectivity index (χ2v) is 5.06. The van der Waals surface area contributed by atoms with Gasteiger partial charge in [-0.3, -0.25) is 4.98 Å². The van der Waals surface area contributed by atoms with Crippen molar-refractivity contribution >= 4 is 33.9 Å². The van der Waals surface area contributed by atoms with Crippen LogP contribution in [0.3, 0.4) is 0 Å². The molecule has 2 aromatic rings. The van der Waals surface area contributed by atoms with E-state index in [1.165, 1.54) is 0 Å². The molecule has 0 fully saturated rings. The standard InChI is InChI=1S/C14H17N3S/c1-2-8-18-9-7-17-14-4-3-13(15)11-5-6-16-10-12(11)14/h2-6,10,17H,1,7-9,15H2. The SMILES string of the molecule is C=CCSCCNc1ccc(N)c2ccncc12.